The summed E-state index contributed by atoms with van der Waals surface area (Å²) in [5.74, 6) is -0.0518. The Morgan fingerprint density at radius 1 is 1.29 bits per heavy atom. The van der Waals surface area contributed by atoms with Gasteiger partial charge in [0.1, 0.15) is 4.90 Å². The van der Waals surface area contributed by atoms with E-state index in [1.165, 1.54) is 29.1 Å². The maximum Gasteiger partial charge on any atom is 0.267 e. The molecule has 0 saturated heterocycles. The lowest BCUT2D eigenvalue weighted by molar-refractivity contribution is 0.595. The van der Waals surface area contributed by atoms with Crippen LogP contribution in [0, 0.1) is 0 Å². The first kappa shape index (κ1) is 15.9. The Morgan fingerprint density at radius 2 is 1.90 bits per heavy atom. The van der Waals surface area contributed by atoms with Crippen molar-refractivity contribution in [3.8, 4) is 0 Å². The Hall–Kier alpha value is -1.44. The number of hydrogen-bond acceptors (Lipinski definition) is 4. The summed E-state index contributed by atoms with van der Waals surface area (Å²) in [6.45, 7) is 2.54. The molecule has 0 aliphatic heterocycles. The molecule has 21 heavy (non-hydrogen) atoms. The average molecular weight is 349 g/mol. The third-order valence-electron chi connectivity index (χ3n) is 2.61. The second-order valence-electron chi connectivity index (χ2n) is 4.41. The molecular weight excluding hydrogens is 335 g/mol. The van der Waals surface area contributed by atoms with Crippen LogP contribution in [0.1, 0.15) is 13.3 Å². The van der Waals surface area contributed by atoms with Crippen molar-refractivity contribution in [3.05, 3.63) is 34.4 Å². The number of aryl methyl sites for hydroxylation is 1. The van der Waals surface area contributed by atoms with Crippen molar-refractivity contribution in [1.29, 1.82) is 0 Å². The summed E-state index contributed by atoms with van der Waals surface area (Å²) in [6.07, 6.45) is 2.21. The van der Waals surface area contributed by atoms with Crippen LogP contribution in [0.25, 0.3) is 0 Å². The van der Waals surface area contributed by atoms with E-state index in [4.69, 9.17) is 28.9 Å². The molecule has 0 fully saturated rings. The van der Waals surface area contributed by atoms with Gasteiger partial charge < -0.3 is 5.73 Å². The summed E-state index contributed by atoms with van der Waals surface area (Å²) in [7, 11) is -3.85. The molecule has 0 radical (unpaired) electrons. The largest absolute Gasteiger partial charge is 0.381 e. The van der Waals surface area contributed by atoms with Gasteiger partial charge in [-0.3, -0.25) is 9.40 Å². The summed E-state index contributed by atoms with van der Waals surface area (Å²) < 4.78 is 28.5. The van der Waals surface area contributed by atoms with Crippen molar-refractivity contribution in [3.63, 3.8) is 0 Å². The van der Waals surface area contributed by atoms with E-state index < -0.39 is 10.0 Å². The number of halogens is 2. The van der Waals surface area contributed by atoms with E-state index in [0.29, 0.717) is 16.6 Å². The van der Waals surface area contributed by atoms with E-state index in [9.17, 15) is 8.42 Å². The first-order valence-electron chi connectivity index (χ1n) is 6.13. The van der Waals surface area contributed by atoms with Crippen LogP contribution in [0.4, 0.5) is 11.5 Å². The molecule has 0 aliphatic carbocycles. The van der Waals surface area contributed by atoms with Gasteiger partial charge in [-0.15, -0.1) is 0 Å². The van der Waals surface area contributed by atoms with Crippen LogP contribution in [0.5, 0.6) is 0 Å². The lowest BCUT2D eigenvalue weighted by Gasteiger charge is -2.07. The lowest BCUT2D eigenvalue weighted by Crippen LogP contribution is -2.13. The Morgan fingerprint density at radius 3 is 2.48 bits per heavy atom. The monoisotopic (exact) mass is 348 g/mol. The molecule has 2 aromatic rings. The fourth-order valence-corrected chi connectivity index (χ4v) is 3.43. The molecule has 0 amide bonds. The quantitative estimate of drug-likeness (QED) is 0.868. The zero-order chi connectivity index (χ0) is 15.6. The molecule has 1 heterocycles. The fraction of sp³-hybridized carbons (Fsp3) is 0.250. The van der Waals surface area contributed by atoms with Gasteiger partial charge in [0.15, 0.2) is 5.82 Å². The summed E-state index contributed by atoms with van der Waals surface area (Å²) in [4.78, 5) is -0.0768. The number of nitrogen functional groups attached to an aromatic ring is 1. The molecule has 0 saturated carbocycles. The summed E-state index contributed by atoms with van der Waals surface area (Å²) in [6, 6.07) is 4.42. The molecule has 0 aliphatic rings. The smallest absolute Gasteiger partial charge is 0.267 e. The first-order valence-corrected chi connectivity index (χ1v) is 8.37. The molecule has 0 bridgehead atoms. The highest BCUT2D eigenvalue weighted by molar-refractivity contribution is 7.92. The summed E-state index contributed by atoms with van der Waals surface area (Å²) in [5.41, 5.74) is 5.93. The van der Waals surface area contributed by atoms with Crippen LogP contribution in [-0.4, -0.2) is 18.2 Å². The van der Waals surface area contributed by atoms with E-state index in [1.54, 1.807) is 0 Å². The van der Waals surface area contributed by atoms with Crippen LogP contribution < -0.4 is 10.5 Å². The second-order valence-corrected chi connectivity index (χ2v) is 6.93. The topological polar surface area (TPSA) is 90.0 Å². The third-order valence-corrected chi connectivity index (χ3v) is 4.45. The predicted octanol–water partition coefficient (Wildman–Crippen LogP) is 2.98. The number of nitrogens with zero attached hydrogens (tertiary/aromatic N) is 2. The van der Waals surface area contributed by atoms with Gasteiger partial charge >= 0.3 is 0 Å². The van der Waals surface area contributed by atoms with Gasteiger partial charge in [0.2, 0.25) is 0 Å². The minimum Gasteiger partial charge on any atom is -0.381 e. The normalized spacial score (nSPS) is 11.6. The number of aromatic nitrogens is 2. The van der Waals surface area contributed by atoms with Crippen molar-refractivity contribution in [2.45, 2.75) is 24.8 Å². The molecule has 0 unspecified atom stereocenters. The molecule has 0 atom stereocenters. The van der Waals surface area contributed by atoms with Crippen LogP contribution in [-0.2, 0) is 16.6 Å². The first-order chi connectivity index (χ1) is 9.81. The molecule has 114 valence electrons. The lowest BCUT2D eigenvalue weighted by atomic mass is 10.3. The number of rotatable bonds is 5. The maximum absolute atomic E-state index is 12.3. The SMILES string of the molecule is CCCn1cc(S(=O)(=O)Nc2cc(Cl)cc(Cl)c2)c(N)n1. The summed E-state index contributed by atoms with van der Waals surface area (Å²) >= 11 is 11.7. The third kappa shape index (κ3) is 3.81. The van der Waals surface area contributed by atoms with Gasteiger partial charge in [-0.1, -0.05) is 30.1 Å². The van der Waals surface area contributed by atoms with Gasteiger partial charge in [0.05, 0.1) is 5.69 Å². The molecule has 1 aromatic heterocycles. The van der Waals surface area contributed by atoms with Crippen molar-refractivity contribution < 1.29 is 8.42 Å². The zero-order valence-corrected chi connectivity index (χ0v) is 13.5. The fourth-order valence-electron chi connectivity index (χ4n) is 1.79. The summed E-state index contributed by atoms with van der Waals surface area (Å²) in [5, 5.41) is 4.62. The van der Waals surface area contributed by atoms with Crippen LogP contribution in [0.15, 0.2) is 29.3 Å². The van der Waals surface area contributed by atoms with Gasteiger partial charge in [-0.05, 0) is 24.6 Å². The average Bonchev–Trinajstić information content (AvgIpc) is 2.69. The number of nitrogens with two attached hydrogens (primary N) is 1. The van der Waals surface area contributed by atoms with Crippen molar-refractivity contribution in [2.75, 3.05) is 10.5 Å². The van der Waals surface area contributed by atoms with Crippen LogP contribution in [0.3, 0.4) is 0 Å². The van der Waals surface area contributed by atoms with E-state index >= 15 is 0 Å². The molecule has 1 aromatic carbocycles. The highest BCUT2D eigenvalue weighted by Gasteiger charge is 2.21. The van der Waals surface area contributed by atoms with Crippen molar-refractivity contribution in [2.24, 2.45) is 0 Å². The van der Waals surface area contributed by atoms with E-state index in [-0.39, 0.29) is 16.4 Å². The Labute approximate surface area is 132 Å². The minimum absolute atomic E-state index is 0.0518. The highest BCUT2D eigenvalue weighted by Crippen LogP contribution is 2.26. The Kier molecular flexibility index (Phi) is 4.65. The molecule has 3 N–H and O–H groups in total. The van der Waals surface area contributed by atoms with Gasteiger partial charge in [0, 0.05) is 22.8 Å². The molecule has 9 heteroatoms. The zero-order valence-electron chi connectivity index (χ0n) is 11.2. The van der Waals surface area contributed by atoms with Crippen LogP contribution in [0.2, 0.25) is 10.0 Å². The van der Waals surface area contributed by atoms with Crippen LogP contribution >= 0.6 is 23.2 Å². The molecule has 6 nitrogen and oxygen atoms in total. The van der Waals surface area contributed by atoms with Crippen molar-refractivity contribution >= 4 is 44.7 Å². The Balaban J connectivity index is 2.33. The number of nitrogens with one attached hydrogen (secondary N) is 1. The molecule has 2 rings (SSSR count). The predicted molar refractivity (Wildman–Crippen MR) is 84.2 cm³/mol. The molecule has 0 spiro atoms. The highest BCUT2D eigenvalue weighted by atomic mass is 35.5. The number of anilines is 2. The van der Waals surface area contributed by atoms with E-state index in [2.05, 4.69) is 9.82 Å². The van der Waals surface area contributed by atoms with E-state index in [1.807, 2.05) is 6.92 Å². The van der Waals surface area contributed by atoms with Gasteiger partial charge in [0.25, 0.3) is 10.0 Å². The van der Waals surface area contributed by atoms with Gasteiger partial charge in [-0.2, -0.15) is 5.10 Å². The van der Waals surface area contributed by atoms with Gasteiger partial charge in [-0.25, -0.2) is 8.42 Å². The second kappa shape index (κ2) is 6.13. The Bertz CT molecular complexity index is 738. The number of sulfonamides is 1. The molecular formula is C12H14Cl2N4O2S. The minimum atomic E-state index is -3.85. The van der Waals surface area contributed by atoms with Crippen molar-refractivity contribution in [1.82, 2.24) is 9.78 Å². The van der Waals surface area contributed by atoms with E-state index in [0.717, 1.165) is 6.42 Å². The number of benzene rings is 1. The standard InChI is InChI=1S/C12H14Cl2N4O2S/c1-2-3-18-7-11(12(15)16-18)21(19,20)17-10-5-8(13)4-9(14)6-10/h4-7,17H,2-3H2,1H3,(H2,15,16). The maximum atomic E-state index is 12.3. The number of hydrogen-bond donors (Lipinski definition) is 2.